The average molecular weight is 283 g/mol. The number of aliphatic imine (C=N–C) groups is 1. The predicted octanol–water partition coefficient (Wildman–Crippen LogP) is 1.79. The highest BCUT2D eigenvalue weighted by atomic mass is 16.7. The fourth-order valence-corrected chi connectivity index (χ4v) is 3.29. The molecule has 1 fully saturated rings. The Morgan fingerprint density at radius 3 is 2.50 bits per heavy atom. The maximum atomic E-state index is 5.32. The van der Waals surface area contributed by atoms with Crippen molar-refractivity contribution in [3.05, 3.63) is 0 Å². The number of rotatable bonds is 7. The largest absolute Gasteiger partial charge is 0.359 e. The highest BCUT2D eigenvalue weighted by Gasteiger charge is 2.25. The summed E-state index contributed by atoms with van der Waals surface area (Å²) >= 11 is 0. The lowest BCUT2D eigenvalue weighted by Gasteiger charge is -2.35. The van der Waals surface area contributed by atoms with Crippen LogP contribution in [0.1, 0.15) is 32.6 Å². The molecule has 5 nitrogen and oxygen atoms in total. The second-order valence-electron chi connectivity index (χ2n) is 5.67. The summed E-state index contributed by atoms with van der Waals surface area (Å²) in [6, 6.07) is 0. The number of hydrogen-bond donors (Lipinski definition) is 0. The molecule has 0 saturated carbocycles. The zero-order valence-corrected chi connectivity index (χ0v) is 13.2. The quantitative estimate of drug-likeness (QED) is 0.668. The van der Waals surface area contributed by atoms with E-state index in [4.69, 9.17) is 9.47 Å². The molecule has 0 aromatic rings. The first-order valence-corrected chi connectivity index (χ1v) is 7.86. The highest BCUT2D eigenvalue weighted by molar-refractivity contribution is 5.83. The lowest BCUT2D eigenvalue weighted by Crippen LogP contribution is -2.43. The number of methoxy groups -OCH3 is 2. The fraction of sp³-hybridized carbons (Fsp3) is 0.933. The number of hydrogen-bond acceptors (Lipinski definition) is 5. The maximum absolute atomic E-state index is 5.32. The van der Waals surface area contributed by atoms with Crippen molar-refractivity contribution >= 4 is 5.84 Å². The molecule has 0 aromatic heterocycles. The van der Waals surface area contributed by atoms with Gasteiger partial charge in [-0.05, 0) is 32.1 Å². The third-order valence-electron chi connectivity index (χ3n) is 4.54. The molecule has 2 rings (SSSR count). The van der Waals surface area contributed by atoms with Gasteiger partial charge in [0.1, 0.15) is 0 Å². The fourth-order valence-electron chi connectivity index (χ4n) is 3.29. The summed E-state index contributed by atoms with van der Waals surface area (Å²) in [6.07, 6.45) is 4.72. The van der Waals surface area contributed by atoms with E-state index in [9.17, 15) is 0 Å². The van der Waals surface area contributed by atoms with Crippen LogP contribution in [0.15, 0.2) is 4.99 Å². The molecule has 0 aliphatic carbocycles. The van der Waals surface area contributed by atoms with Crippen LogP contribution >= 0.6 is 0 Å². The molecule has 0 spiro atoms. The van der Waals surface area contributed by atoms with Gasteiger partial charge >= 0.3 is 0 Å². The van der Waals surface area contributed by atoms with Gasteiger partial charge in [0, 0.05) is 46.8 Å². The summed E-state index contributed by atoms with van der Waals surface area (Å²) in [5.41, 5.74) is 0. The molecule has 1 saturated heterocycles. The molecular formula is C15H29N3O2. The Morgan fingerprint density at radius 1 is 1.20 bits per heavy atom. The Morgan fingerprint density at radius 2 is 1.90 bits per heavy atom. The molecule has 0 bridgehead atoms. The van der Waals surface area contributed by atoms with Crippen molar-refractivity contribution in [2.45, 2.75) is 39.0 Å². The van der Waals surface area contributed by atoms with Gasteiger partial charge in [0.15, 0.2) is 0 Å². The molecule has 0 amide bonds. The molecule has 0 aromatic carbocycles. The van der Waals surface area contributed by atoms with Crippen LogP contribution < -0.4 is 0 Å². The number of piperidine rings is 1. The van der Waals surface area contributed by atoms with Gasteiger partial charge < -0.3 is 14.4 Å². The van der Waals surface area contributed by atoms with Gasteiger partial charge in [-0.3, -0.25) is 9.89 Å². The molecule has 0 atom stereocenters. The van der Waals surface area contributed by atoms with E-state index >= 15 is 0 Å². The van der Waals surface area contributed by atoms with E-state index in [0.717, 1.165) is 45.1 Å². The summed E-state index contributed by atoms with van der Waals surface area (Å²) < 4.78 is 10.6. The van der Waals surface area contributed by atoms with Crippen molar-refractivity contribution in [1.82, 2.24) is 9.80 Å². The van der Waals surface area contributed by atoms with Crippen LogP contribution in [0.4, 0.5) is 0 Å². The van der Waals surface area contributed by atoms with E-state index in [-0.39, 0.29) is 6.41 Å². The van der Waals surface area contributed by atoms with Gasteiger partial charge in [-0.25, -0.2) is 0 Å². The summed E-state index contributed by atoms with van der Waals surface area (Å²) in [7, 11) is 3.41. The van der Waals surface area contributed by atoms with Crippen LogP contribution in [0.3, 0.4) is 0 Å². The molecule has 20 heavy (non-hydrogen) atoms. The number of nitrogens with zero attached hydrogens (tertiary/aromatic N) is 3. The van der Waals surface area contributed by atoms with E-state index in [2.05, 4.69) is 21.7 Å². The third-order valence-corrected chi connectivity index (χ3v) is 4.54. The van der Waals surface area contributed by atoms with Gasteiger partial charge in [0.25, 0.3) is 0 Å². The Labute approximate surface area is 122 Å². The standard InChI is InChI=1S/C15H29N3O2/c1-4-17-12-9-16-14(17)6-5-13-7-10-18(11-8-13)15(19-2)20-3/h13,15H,4-12H2,1-3H3. The molecule has 0 N–H and O–H groups in total. The Kier molecular flexibility index (Phi) is 6.26. The second-order valence-corrected chi connectivity index (χ2v) is 5.67. The van der Waals surface area contributed by atoms with Crippen LogP contribution in [0.2, 0.25) is 0 Å². The van der Waals surface area contributed by atoms with Gasteiger partial charge in [0.05, 0.1) is 12.4 Å². The van der Waals surface area contributed by atoms with Gasteiger partial charge in [-0.2, -0.15) is 0 Å². The Bertz CT molecular complexity index is 310. The minimum atomic E-state index is -0.175. The van der Waals surface area contributed by atoms with Crippen LogP contribution in [0.25, 0.3) is 0 Å². The summed E-state index contributed by atoms with van der Waals surface area (Å²) in [6.45, 7) is 7.57. The zero-order valence-electron chi connectivity index (χ0n) is 13.2. The van der Waals surface area contributed by atoms with Crippen molar-refractivity contribution in [2.75, 3.05) is 46.9 Å². The van der Waals surface area contributed by atoms with Gasteiger partial charge in [-0.15, -0.1) is 0 Å². The van der Waals surface area contributed by atoms with Crippen molar-refractivity contribution in [3.63, 3.8) is 0 Å². The second kappa shape index (κ2) is 7.96. The minimum Gasteiger partial charge on any atom is -0.359 e. The first-order valence-electron chi connectivity index (χ1n) is 7.86. The topological polar surface area (TPSA) is 37.3 Å². The van der Waals surface area contributed by atoms with E-state index in [0.29, 0.717) is 0 Å². The molecule has 0 unspecified atom stereocenters. The Balaban J connectivity index is 1.69. The number of amidine groups is 1. The SMILES string of the molecule is CCN1CCN=C1CCC1CCN(C(OC)OC)CC1. The molecule has 0 radical (unpaired) electrons. The highest BCUT2D eigenvalue weighted by Crippen LogP contribution is 2.24. The monoisotopic (exact) mass is 283 g/mol. The van der Waals surface area contributed by atoms with Crippen LogP contribution in [0.5, 0.6) is 0 Å². The van der Waals surface area contributed by atoms with Crippen molar-refractivity contribution in [2.24, 2.45) is 10.9 Å². The van der Waals surface area contributed by atoms with Crippen molar-refractivity contribution in [3.8, 4) is 0 Å². The first kappa shape index (κ1) is 15.7. The molecule has 116 valence electrons. The van der Waals surface area contributed by atoms with Crippen LogP contribution in [-0.2, 0) is 9.47 Å². The average Bonchev–Trinajstić information content (AvgIpc) is 2.95. The van der Waals surface area contributed by atoms with E-state index < -0.39 is 0 Å². The normalized spacial score (nSPS) is 21.8. The molecule has 2 heterocycles. The number of likely N-dealkylation sites (N-methyl/N-ethyl adjacent to an activating group) is 1. The number of likely N-dealkylation sites (tertiary alicyclic amines) is 1. The summed E-state index contributed by atoms with van der Waals surface area (Å²) in [5.74, 6) is 2.16. The van der Waals surface area contributed by atoms with Crippen molar-refractivity contribution in [1.29, 1.82) is 0 Å². The predicted molar refractivity (Wildman–Crippen MR) is 80.9 cm³/mol. The smallest absolute Gasteiger partial charge is 0.218 e. The maximum Gasteiger partial charge on any atom is 0.218 e. The Hall–Kier alpha value is -0.650. The van der Waals surface area contributed by atoms with E-state index in [1.165, 1.54) is 25.1 Å². The van der Waals surface area contributed by atoms with Crippen molar-refractivity contribution < 1.29 is 9.47 Å². The first-order chi connectivity index (χ1) is 9.78. The van der Waals surface area contributed by atoms with E-state index in [1.807, 2.05) is 0 Å². The van der Waals surface area contributed by atoms with E-state index in [1.54, 1.807) is 14.2 Å². The third kappa shape index (κ3) is 3.93. The van der Waals surface area contributed by atoms with Crippen LogP contribution in [-0.4, -0.2) is 69.0 Å². The van der Waals surface area contributed by atoms with Gasteiger partial charge in [0.2, 0.25) is 6.41 Å². The lowest BCUT2D eigenvalue weighted by molar-refractivity contribution is -0.202. The lowest BCUT2D eigenvalue weighted by atomic mass is 9.92. The molecular weight excluding hydrogens is 254 g/mol. The van der Waals surface area contributed by atoms with Gasteiger partial charge in [-0.1, -0.05) is 0 Å². The summed E-state index contributed by atoms with van der Waals surface area (Å²) in [4.78, 5) is 9.33. The van der Waals surface area contributed by atoms with Crippen LogP contribution in [0, 0.1) is 5.92 Å². The summed E-state index contributed by atoms with van der Waals surface area (Å²) in [5, 5.41) is 0. The minimum absolute atomic E-state index is 0.175. The zero-order chi connectivity index (χ0) is 14.4. The number of ether oxygens (including phenoxy) is 2. The molecule has 2 aliphatic heterocycles. The molecule has 2 aliphatic rings. The molecule has 5 heteroatoms.